The molecule has 0 saturated carbocycles. The van der Waals surface area contributed by atoms with Crippen molar-refractivity contribution in [3.05, 3.63) is 77.6 Å². The maximum absolute atomic E-state index is 11.8. The van der Waals surface area contributed by atoms with E-state index < -0.39 is 18.1 Å². The second-order valence-electron chi connectivity index (χ2n) is 9.42. The molecule has 40 heavy (non-hydrogen) atoms. The molecule has 0 radical (unpaired) electrons. The molecule has 0 saturated heterocycles. The molecule has 4 N–H and O–H groups in total. The number of hydrogen-bond donors (Lipinski definition) is 4. The lowest BCUT2D eigenvalue weighted by atomic mass is 9.96. The maximum atomic E-state index is 11.8. The van der Waals surface area contributed by atoms with Crippen LogP contribution in [0.5, 0.6) is 0 Å². The number of aromatic amines is 1. The van der Waals surface area contributed by atoms with E-state index in [9.17, 15) is 23.1 Å². The predicted octanol–water partition coefficient (Wildman–Crippen LogP) is 5.58. The van der Waals surface area contributed by atoms with Gasteiger partial charge in [0.15, 0.2) is 0 Å². The fourth-order valence-corrected chi connectivity index (χ4v) is 4.11. The Hall–Kier alpha value is -4.22. The molecule has 0 spiro atoms. The van der Waals surface area contributed by atoms with Gasteiger partial charge in [0.2, 0.25) is 0 Å². The smallest absolute Gasteiger partial charge is 0.478 e. The van der Waals surface area contributed by atoms with Crippen molar-refractivity contribution < 1.29 is 33.0 Å². The molecule has 1 heterocycles. The summed E-state index contributed by atoms with van der Waals surface area (Å²) in [5.41, 5.74) is 6.86. The van der Waals surface area contributed by atoms with Gasteiger partial charge in [0, 0.05) is 6.54 Å². The van der Waals surface area contributed by atoms with Gasteiger partial charge in [-0.25, -0.2) is 14.6 Å². The number of carbonyl (C=O) groups is 2. The number of rotatable bonds is 9. The lowest BCUT2D eigenvalue weighted by molar-refractivity contribution is -0.192. The van der Waals surface area contributed by atoms with E-state index in [1.165, 1.54) is 11.1 Å². The van der Waals surface area contributed by atoms with Crippen LogP contribution in [0.1, 0.15) is 28.2 Å². The van der Waals surface area contributed by atoms with Crippen LogP contribution in [-0.4, -0.2) is 70.4 Å². The molecule has 0 bridgehead atoms. The zero-order chi connectivity index (χ0) is 29.4. The quantitative estimate of drug-likeness (QED) is 0.199. The van der Waals surface area contributed by atoms with Crippen LogP contribution < -0.4 is 5.32 Å². The van der Waals surface area contributed by atoms with Gasteiger partial charge in [-0.2, -0.15) is 13.2 Å². The average Bonchev–Trinajstić information content (AvgIpc) is 3.28. The molecule has 0 atom stereocenters. The predicted molar refractivity (Wildman–Crippen MR) is 147 cm³/mol. The molecule has 0 unspecified atom stereocenters. The number of H-pyrrole nitrogens is 1. The third-order valence-corrected chi connectivity index (χ3v) is 6.00. The molecule has 1 aromatic heterocycles. The van der Waals surface area contributed by atoms with Crippen LogP contribution in [0.3, 0.4) is 0 Å². The van der Waals surface area contributed by atoms with E-state index >= 15 is 0 Å². The number of imidazole rings is 1. The Morgan fingerprint density at radius 3 is 2.20 bits per heavy atom. The van der Waals surface area contributed by atoms with Crippen LogP contribution in [0, 0.1) is 6.92 Å². The lowest BCUT2D eigenvalue weighted by Gasteiger charge is -2.13. The fraction of sp³-hybridized carbons (Fsp3) is 0.276. The number of aryl methyl sites for hydroxylation is 1. The van der Waals surface area contributed by atoms with Gasteiger partial charge in [0.25, 0.3) is 0 Å². The second kappa shape index (κ2) is 13.2. The second-order valence-corrected chi connectivity index (χ2v) is 9.42. The average molecular weight is 557 g/mol. The Morgan fingerprint density at radius 1 is 0.975 bits per heavy atom. The number of aromatic carboxylic acids is 1. The highest BCUT2D eigenvalue weighted by Gasteiger charge is 2.38. The summed E-state index contributed by atoms with van der Waals surface area (Å²) in [7, 11) is 4.19. The summed E-state index contributed by atoms with van der Waals surface area (Å²) < 4.78 is 31.7. The zero-order valence-electron chi connectivity index (χ0n) is 22.3. The summed E-state index contributed by atoms with van der Waals surface area (Å²) in [6, 6.07) is 20.4. The van der Waals surface area contributed by atoms with Crippen molar-refractivity contribution in [1.29, 1.82) is 0 Å². The van der Waals surface area contributed by atoms with Gasteiger partial charge in [-0.05, 0) is 80.5 Å². The Balaban J connectivity index is 0.000000559. The van der Waals surface area contributed by atoms with Crippen LogP contribution in [0.15, 0.2) is 60.7 Å². The third-order valence-electron chi connectivity index (χ3n) is 6.00. The van der Waals surface area contributed by atoms with Crippen LogP contribution in [-0.2, 0) is 11.3 Å². The van der Waals surface area contributed by atoms with Crippen molar-refractivity contribution in [2.45, 2.75) is 26.1 Å². The monoisotopic (exact) mass is 556 g/mol. The molecule has 0 fully saturated rings. The molecule has 0 aliphatic rings. The number of benzene rings is 3. The SMILES string of the molecule is Cc1nc2c(C(=O)O)cc(-c3ccc(-c4ccccc4CNCCCN(C)C)cc3)cc2[nH]1.O=C(O)C(F)(F)F. The van der Waals surface area contributed by atoms with E-state index in [-0.39, 0.29) is 5.56 Å². The van der Waals surface area contributed by atoms with Crippen molar-refractivity contribution in [3.63, 3.8) is 0 Å². The van der Waals surface area contributed by atoms with Crippen molar-refractivity contribution in [1.82, 2.24) is 20.2 Å². The standard InChI is InChI=1S/C27H30N4O2.C2HF3O2/c1-18-29-25-16-22(15-24(27(32)33)26(25)30-18)19-9-11-20(12-10-19)23-8-5-4-7-21(23)17-28-13-6-14-31(2)3;3-2(4,5)1(6)7/h4-5,7-12,15-16,28H,6,13-14,17H2,1-3H3,(H,29,30)(H,32,33);(H,6,7). The number of aliphatic carboxylic acids is 1. The lowest BCUT2D eigenvalue weighted by Crippen LogP contribution is -2.21. The molecule has 212 valence electrons. The summed E-state index contributed by atoms with van der Waals surface area (Å²) in [6.07, 6.45) is -3.97. The zero-order valence-corrected chi connectivity index (χ0v) is 22.3. The van der Waals surface area contributed by atoms with Gasteiger partial charge < -0.3 is 25.4 Å². The molecule has 0 aliphatic carbocycles. The summed E-state index contributed by atoms with van der Waals surface area (Å²) in [4.78, 5) is 30.4. The van der Waals surface area contributed by atoms with Crippen LogP contribution >= 0.6 is 0 Å². The minimum atomic E-state index is -5.08. The summed E-state index contributed by atoms with van der Waals surface area (Å²) in [5.74, 6) is -3.03. The molecule has 4 rings (SSSR count). The summed E-state index contributed by atoms with van der Waals surface area (Å²) in [5, 5.41) is 20.3. The highest BCUT2D eigenvalue weighted by Crippen LogP contribution is 2.30. The van der Waals surface area contributed by atoms with Crippen molar-refractivity contribution in [3.8, 4) is 22.3 Å². The normalized spacial score (nSPS) is 11.4. The maximum Gasteiger partial charge on any atom is 0.490 e. The molecule has 11 heteroatoms. The van der Waals surface area contributed by atoms with E-state index in [0.717, 1.165) is 48.3 Å². The third kappa shape index (κ3) is 8.14. The van der Waals surface area contributed by atoms with Crippen molar-refractivity contribution in [2.75, 3.05) is 27.2 Å². The number of hydrogen-bond acceptors (Lipinski definition) is 5. The fourth-order valence-electron chi connectivity index (χ4n) is 4.11. The van der Waals surface area contributed by atoms with E-state index in [1.54, 1.807) is 6.07 Å². The van der Waals surface area contributed by atoms with Gasteiger partial charge in [0.1, 0.15) is 11.3 Å². The Labute approximate surface area is 229 Å². The van der Waals surface area contributed by atoms with Crippen LogP contribution in [0.25, 0.3) is 33.3 Å². The Bertz CT molecular complexity index is 1460. The molecule has 8 nitrogen and oxygen atoms in total. The van der Waals surface area contributed by atoms with E-state index in [1.807, 2.05) is 25.1 Å². The molecule has 4 aromatic rings. The van der Waals surface area contributed by atoms with E-state index in [4.69, 9.17) is 9.90 Å². The van der Waals surface area contributed by atoms with Gasteiger partial charge in [-0.1, -0.05) is 48.5 Å². The minimum Gasteiger partial charge on any atom is -0.478 e. The molecule has 0 aliphatic heterocycles. The number of aromatic nitrogens is 2. The van der Waals surface area contributed by atoms with Gasteiger partial charge in [0.05, 0.1) is 11.1 Å². The molecule has 3 aromatic carbocycles. The number of nitrogens with one attached hydrogen (secondary N) is 2. The first kappa shape index (κ1) is 30.3. The number of alkyl halides is 3. The van der Waals surface area contributed by atoms with E-state index in [2.05, 4.69) is 70.7 Å². The number of halogens is 3. The Kier molecular flexibility index (Phi) is 10.0. The van der Waals surface area contributed by atoms with Crippen LogP contribution in [0.4, 0.5) is 13.2 Å². The highest BCUT2D eigenvalue weighted by atomic mass is 19.4. The highest BCUT2D eigenvalue weighted by molar-refractivity contribution is 6.03. The number of carboxylic acid groups (broad SMARTS) is 2. The van der Waals surface area contributed by atoms with Gasteiger partial charge in [-0.15, -0.1) is 0 Å². The Morgan fingerprint density at radius 2 is 1.60 bits per heavy atom. The largest absolute Gasteiger partial charge is 0.490 e. The molecule has 0 amide bonds. The molecular weight excluding hydrogens is 525 g/mol. The summed E-state index contributed by atoms with van der Waals surface area (Å²) in [6.45, 7) is 4.70. The number of carboxylic acids is 2. The van der Waals surface area contributed by atoms with Gasteiger partial charge >= 0.3 is 18.1 Å². The van der Waals surface area contributed by atoms with Crippen molar-refractivity contribution >= 4 is 23.0 Å². The van der Waals surface area contributed by atoms with Crippen LogP contribution in [0.2, 0.25) is 0 Å². The number of fused-ring (bicyclic) bond motifs is 1. The first-order chi connectivity index (χ1) is 18.9. The topological polar surface area (TPSA) is 119 Å². The minimum absolute atomic E-state index is 0.210. The number of nitrogens with zero attached hydrogens (tertiary/aromatic N) is 2. The first-order valence-electron chi connectivity index (χ1n) is 12.4. The first-order valence-corrected chi connectivity index (χ1v) is 12.4. The van der Waals surface area contributed by atoms with Crippen molar-refractivity contribution in [2.24, 2.45) is 0 Å². The van der Waals surface area contributed by atoms with Gasteiger partial charge in [-0.3, -0.25) is 0 Å². The molecular formula is C29H31F3N4O4. The van der Waals surface area contributed by atoms with E-state index in [0.29, 0.717) is 11.3 Å². The summed E-state index contributed by atoms with van der Waals surface area (Å²) >= 11 is 0.